The van der Waals surface area contributed by atoms with Crippen molar-refractivity contribution in [3.8, 4) is 22.7 Å². The van der Waals surface area contributed by atoms with Crippen LogP contribution in [0, 0.1) is 6.92 Å². The predicted molar refractivity (Wildman–Crippen MR) is 135 cm³/mol. The molecule has 0 fully saturated rings. The Morgan fingerprint density at radius 2 is 1.88 bits per heavy atom. The standard InChI is InChI=1S/C25H22N4O2S2/c1-4-28(25-26-21(15-32-25)17-10-12-19(31-3)13-11-17)23(30)22-14-20-16(2)27-29(24(20)33-22)18-8-6-5-7-9-18/h5-15H,4H2,1-3H3. The molecule has 0 aliphatic carbocycles. The van der Waals surface area contributed by atoms with Gasteiger partial charge in [-0.15, -0.1) is 22.7 Å². The molecule has 0 bridgehead atoms. The number of ether oxygens (including phenoxy) is 1. The molecule has 0 aliphatic heterocycles. The van der Waals surface area contributed by atoms with E-state index < -0.39 is 0 Å². The van der Waals surface area contributed by atoms with Crippen LogP contribution in [0.5, 0.6) is 5.75 Å². The Morgan fingerprint density at radius 3 is 2.58 bits per heavy atom. The number of methoxy groups -OCH3 is 1. The number of aryl methyl sites for hydroxylation is 1. The van der Waals surface area contributed by atoms with E-state index in [1.807, 2.05) is 84.6 Å². The van der Waals surface area contributed by atoms with Gasteiger partial charge in [0.15, 0.2) is 5.13 Å². The van der Waals surface area contributed by atoms with E-state index in [1.54, 1.807) is 12.0 Å². The van der Waals surface area contributed by atoms with Crippen LogP contribution in [0.4, 0.5) is 5.13 Å². The Hall–Kier alpha value is -3.49. The number of amides is 1. The number of nitrogens with zero attached hydrogens (tertiary/aromatic N) is 4. The van der Waals surface area contributed by atoms with Gasteiger partial charge in [0.2, 0.25) is 0 Å². The first-order chi connectivity index (χ1) is 16.1. The lowest BCUT2D eigenvalue weighted by Gasteiger charge is -2.16. The smallest absolute Gasteiger partial charge is 0.270 e. The average Bonchev–Trinajstić information content (AvgIpc) is 3.57. The first-order valence-electron chi connectivity index (χ1n) is 10.6. The van der Waals surface area contributed by atoms with Crippen molar-refractivity contribution in [3.05, 3.63) is 76.6 Å². The summed E-state index contributed by atoms with van der Waals surface area (Å²) in [7, 11) is 1.65. The summed E-state index contributed by atoms with van der Waals surface area (Å²) in [5, 5.41) is 8.35. The highest BCUT2D eigenvalue weighted by molar-refractivity contribution is 7.20. The number of carbonyl (C=O) groups excluding carboxylic acids is 1. The Kier molecular flexibility index (Phi) is 5.70. The number of thiophene rings is 1. The fourth-order valence-electron chi connectivity index (χ4n) is 3.68. The summed E-state index contributed by atoms with van der Waals surface area (Å²) in [4.78, 5) is 21.6. The molecule has 2 aromatic carbocycles. The molecule has 6 nitrogen and oxygen atoms in total. The SMILES string of the molecule is CCN(C(=O)c1cc2c(C)nn(-c3ccccc3)c2s1)c1nc(-c2ccc(OC)cc2)cs1. The second kappa shape index (κ2) is 8.80. The third-order valence-corrected chi connectivity index (χ3v) is 7.39. The minimum Gasteiger partial charge on any atom is -0.497 e. The highest BCUT2D eigenvalue weighted by Gasteiger charge is 2.24. The number of para-hydroxylation sites is 1. The molecule has 0 saturated carbocycles. The van der Waals surface area contributed by atoms with E-state index in [2.05, 4.69) is 5.10 Å². The van der Waals surface area contributed by atoms with E-state index in [-0.39, 0.29) is 5.91 Å². The van der Waals surface area contributed by atoms with Gasteiger partial charge >= 0.3 is 0 Å². The van der Waals surface area contributed by atoms with Gasteiger partial charge in [0, 0.05) is 22.9 Å². The second-order valence-corrected chi connectivity index (χ2v) is 9.32. The molecule has 33 heavy (non-hydrogen) atoms. The summed E-state index contributed by atoms with van der Waals surface area (Å²) < 4.78 is 7.14. The topological polar surface area (TPSA) is 60.2 Å². The summed E-state index contributed by atoms with van der Waals surface area (Å²) in [6.07, 6.45) is 0. The van der Waals surface area contributed by atoms with Gasteiger partial charge in [-0.3, -0.25) is 9.69 Å². The van der Waals surface area contributed by atoms with Crippen LogP contribution < -0.4 is 9.64 Å². The lowest BCUT2D eigenvalue weighted by atomic mass is 10.2. The number of thiazole rings is 1. The fourth-order valence-corrected chi connectivity index (χ4v) is 5.71. The van der Waals surface area contributed by atoms with Crippen molar-refractivity contribution in [2.45, 2.75) is 13.8 Å². The Morgan fingerprint density at radius 1 is 1.12 bits per heavy atom. The maximum atomic E-state index is 13.5. The van der Waals surface area contributed by atoms with Crippen molar-refractivity contribution >= 4 is 43.9 Å². The fraction of sp³-hybridized carbons (Fsp3) is 0.160. The Balaban J connectivity index is 1.46. The molecule has 5 aromatic rings. The number of hydrogen-bond acceptors (Lipinski definition) is 6. The molecular weight excluding hydrogens is 452 g/mol. The molecule has 8 heteroatoms. The molecule has 1 amide bonds. The van der Waals surface area contributed by atoms with Gasteiger partial charge in [0.05, 0.1) is 29.1 Å². The maximum Gasteiger partial charge on any atom is 0.270 e. The first kappa shape index (κ1) is 21.4. The van der Waals surface area contributed by atoms with Gasteiger partial charge in [-0.25, -0.2) is 9.67 Å². The van der Waals surface area contributed by atoms with Crippen LogP contribution in [0.3, 0.4) is 0 Å². The number of aromatic nitrogens is 3. The van der Waals surface area contributed by atoms with E-state index in [1.165, 1.54) is 22.7 Å². The molecule has 0 radical (unpaired) electrons. The van der Waals surface area contributed by atoms with Gasteiger partial charge < -0.3 is 4.74 Å². The Labute approximate surface area is 199 Å². The second-order valence-electron chi connectivity index (χ2n) is 7.46. The minimum atomic E-state index is -0.0478. The largest absolute Gasteiger partial charge is 0.497 e. The zero-order valence-corrected chi connectivity index (χ0v) is 20.1. The number of carbonyl (C=O) groups is 1. The summed E-state index contributed by atoms with van der Waals surface area (Å²) in [6, 6.07) is 19.7. The quantitative estimate of drug-likeness (QED) is 0.294. The highest BCUT2D eigenvalue weighted by atomic mass is 32.1. The highest BCUT2D eigenvalue weighted by Crippen LogP contribution is 2.34. The number of benzene rings is 2. The van der Waals surface area contributed by atoms with E-state index >= 15 is 0 Å². The average molecular weight is 475 g/mol. The minimum absolute atomic E-state index is 0.0478. The van der Waals surface area contributed by atoms with Crippen LogP contribution in [-0.4, -0.2) is 34.3 Å². The molecule has 0 atom stereocenters. The number of hydrogen-bond donors (Lipinski definition) is 0. The molecular formula is C25H22N4O2S2. The van der Waals surface area contributed by atoms with E-state index in [0.29, 0.717) is 16.6 Å². The number of fused-ring (bicyclic) bond motifs is 1. The van der Waals surface area contributed by atoms with Crippen molar-refractivity contribution in [3.63, 3.8) is 0 Å². The normalized spacial score (nSPS) is 11.1. The lowest BCUT2D eigenvalue weighted by molar-refractivity contribution is 0.0992. The maximum absolute atomic E-state index is 13.5. The summed E-state index contributed by atoms with van der Waals surface area (Å²) in [5.41, 5.74) is 3.72. The van der Waals surface area contributed by atoms with Crippen LogP contribution in [0.1, 0.15) is 22.3 Å². The van der Waals surface area contributed by atoms with Crippen LogP contribution in [-0.2, 0) is 0 Å². The van der Waals surface area contributed by atoms with Crippen molar-refractivity contribution in [1.29, 1.82) is 0 Å². The van der Waals surface area contributed by atoms with Crippen LogP contribution in [0.15, 0.2) is 66.0 Å². The first-order valence-corrected chi connectivity index (χ1v) is 12.2. The zero-order chi connectivity index (χ0) is 22.9. The molecule has 3 aromatic heterocycles. The van der Waals surface area contributed by atoms with E-state index in [0.717, 1.165) is 38.6 Å². The molecule has 0 saturated heterocycles. The number of anilines is 1. The van der Waals surface area contributed by atoms with E-state index in [9.17, 15) is 4.79 Å². The van der Waals surface area contributed by atoms with Gasteiger partial charge in [-0.2, -0.15) is 5.10 Å². The van der Waals surface area contributed by atoms with Crippen LogP contribution >= 0.6 is 22.7 Å². The van der Waals surface area contributed by atoms with Gasteiger partial charge in [-0.05, 0) is 56.3 Å². The summed E-state index contributed by atoms with van der Waals surface area (Å²) in [5.74, 6) is 0.752. The third kappa shape index (κ3) is 3.92. The van der Waals surface area contributed by atoms with E-state index in [4.69, 9.17) is 9.72 Å². The van der Waals surface area contributed by atoms with Gasteiger partial charge in [-0.1, -0.05) is 18.2 Å². The van der Waals surface area contributed by atoms with Gasteiger partial charge in [0.1, 0.15) is 10.6 Å². The number of rotatable bonds is 6. The zero-order valence-electron chi connectivity index (χ0n) is 18.5. The third-order valence-electron chi connectivity index (χ3n) is 5.43. The van der Waals surface area contributed by atoms with Crippen molar-refractivity contribution in [1.82, 2.24) is 14.8 Å². The van der Waals surface area contributed by atoms with Crippen molar-refractivity contribution < 1.29 is 9.53 Å². The lowest BCUT2D eigenvalue weighted by Crippen LogP contribution is -2.29. The Bertz CT molecular complexity index is 1420. The molecule has 0 unspecified atom stereocenters. The molecule has 5 rings (SSSR count). The van der Waals surface area contributed by atoms with Gasteiger partial charge in [0.25, 0.3) is 5.91 Å². The molecule has 0 aliphatic rings. The van der Waals surface area contributed by atoms with Crippen molar-refractivity contribution in [2.24, 2.45) is 0 Å². The predicted octanol–water partition coefficient (Wildman–Crippen LogP) is 6.19. The summed E-state index contributed by atoms with van der Waals surface area (Å²) in [6.45, 7) is 4.48. The molecule has 0 N–H and O–H groups in total. The molecule has 166 valence electrons. The summed E-state index contributed by atoms with van der Waals surface area (Å²) >= 11 is 2.94. The monoisotopic (exact) mass is 474 g/mol. The van der Waals surface area contributed by atoms with Crippen LogP contribution in [0.25, 0.3) is 27.2 Å². The molecule has 3 heterocycles. The molecule has 0 spiro atoms. The van der Waals surface area contributed by atoms with Crippen molar-refractivity contribution in [2.75, 3.05) is 18.6 Å². The van der Waals surface area contributed by atoms with Crippen LogP contribution in [0.2, 0.25) is 0 Å².